The van der Waals surface area contributed by atoms with Gasteiger partial charge in [0.1, 0.15) is 6.10 Å². The van der Waals surface area contributed by atoms with Crippen LogP contribution in [0.3, 0.4) is 0 Å². The van der Waals surface area contributed by atoms with Crippen LogP contribution >= 0.6 is 0 Å². The minimum Gasteiger partial charge on any atom is -0.493 e. The van der Waals surface area contributed by atoms with Gasteiger partial charge in [0.2, 0.25) is 0 Å². The number of nitrogens with zero attached hydrogens (tertiary/aromatic N) is 2. The van der Waals surface area contributed by atoms with Gasteiger partial charge in [-0.05, 0) is 35.4 Å². The molecule has 0 bridgehead atoms. The summed E-state index contributed by atoms with van der Waals surface area (Å²) in [5.41, 5.74) is 1.80. The first-order chi connectivity index (χ1) is 12.0. The fraction of sp³-hybridized carbons (Fsp3) is 0.167. The first kappa shape index (κ1) is 16.7. The Bertz CT molecular complexity index is 925. The van der Waals surface area contributed by atoms with Crippen molar-refractivity contribution < 1.29 is 19.5 Å². The maximum Gasteiger partial charge on any atom is 0.269 e. The molecular weight excluding hydrogens is 324 g/mol. The minimum absolute atomic E-state index is 0.0260. The Balaban J connectivity index is 2.09. The van der Waals surface area contributed by atoms with E-state index in [2.05, 4.69) is 4.98 Å². The predicted molar refractivity (Wildman–Crippen MR) is 92.0 cm³/mol. The van der Waals surface area contributed by atoms with E-state index in [-0.39, 0.29) is 5.69 Å². The molecule has 0 aliphatic rings. The lowest BCUT2D eigenvalue weighted by Crippen LogP contribution is -2.02. The Morgan fingerprint density at radius 1 is 1.08 bits per heavy atom. The van der Waals surface area contributed by atoms with Crippen LogP contribution < -0.4 is 9.47 Å². The molecule has 1 aromatic heterocycles. The molecular formula is C18H16N2O5. The quantitative estimate of drug-likeness (QED) is 0.566. The summed E-state index contributed by atoms with van der Waals surface area (Å²) in [7, 11) is 3.08. The Hall–Kier alpha value is -3.19. The van der Waals surface area contributed by atoms with Gasteiger partial charge in [0.05, 0.1) is 24.7 Å². The largest absolute Gasteiger partial charge is 0.493 e. The normalized spacial score (nSPS) is 12.0. The number of aliphatic hydroxyl groups is 1. The lowest BCUT2D eigenvalue weighted by Gasteiger charge is -2.15. The van der Waals surface area contributed by atoms with Crippen molar-refractivity contribution in [2.75, 3.05) is 14.2 Å². The molecule has 1 unspecified atom stereocenters. The van der Waals surface area contributed by atoms with Crippen molar-refractivity contribution in [3.63, 3.8) is 0 Å². The van der Waals surface area contributed by atoms with E-state index in [1.54, 1.807) is 31.5 Å². The van der Waals surface area contributed by atoms with E-state index in [1.165, 1.54) is 31.4 Å². The van der Waals surface area contributed by atoms with Crippen LogP contribution in [0, 0.1) is 10.1 Å². The van der Waals surface area contributed by atoms with E-state index in [4.69, 9.17) is 9.47 Å². The second kappa shape index (κ2) is 6.74. The summed E-state index contributed by atoms with van der Waals surface area (Å²) in [6.07, 6.45) is 0.641. The van der Waals surface area contributed by atoms with Crippen LogP contribution in [-0.4, -0.2) is 29.2 Å². The van der Waals surface area contributed by atoms with E-state index >= 15 is 0 Å². The monoisotopic (exact) mass is 340 g/mol. The topological polar surface area (TPSA) is 94.7 Å². The van der Waals surface area contributed by atoms with E-state index < -0.39 is 11.0 Å². The van der Waals surface area contributed by atoms with Crippen LogP contribution in [0.4, 0.5) is 5.69 Å². The molecule has 0 spiro atoms. The first-order valence-electron chi connectivity index (χ1n) is 7.48. The third-order valence-electron chi connectivity index (χ3n) is 3.99. The fourth-order valence-corrected chi connectivity index (χ4v) is 2.69. The van der Waals surface area contributed by atoms with Gasteiger partial charge >= 0.3 is 0 Å². The second-order valence-corrected chi connectivity index (χ2v) is 5.38. The van der Waals surface area contributed by atoms with Gasteiger partial charge in [0.15, 0.2) is 11.5 Å². The molecule has 3 rings (SSSR count). The maximum absolute atomic E-state index is 10.8. The molecule has 0 aliphatic heterocycles. The van der Waals surface area contributed by atoms with Crippen LogP contribution in [0.5, 0.6) is 11.5 Å². The smallest absolute Gasteiger partial charge is 0.269 e. The fourth-order valence-electron chi connectivity index (χ4n) is 2.69. The number of non-ortho nitro benzene ring substituents is 1. The number of aromatic nitrogens is 1. The van der Waals surface area contributed by atoms with E-state index in [0.29, 0.717) is 33.5 Å². The second-order valence-electron chi connectivity index (χ2n) is 5.38. The lowest BCUT2D eigenvalue weighted by molar-refractivity contribution is -0.384. The molecule has 1 atom stereocenters. The van der Waals surface area contributed by atoms with Crippen molar-refractivity contribution in [1.29, 1.82) is 0 Å². The maximum atomic E-state index is 10.8. The predicted octanol–water partition coefficient (Wildman–Crippen LogP) is 3.24. The molecule has 7 nitrogen and oxygen atoms in total. The van der Waals surface area contributed by atoms with Crippen molar-refractivity contribution in [2.45, 2.75) is 6.10 Å². The standard InChI is InChI=1S/C18H16N2O5/c1-24-16-9-14-13(7-8-19-15(14)10-17(16)25-2)18(21)11-3-5-12(6-4-11)20(22)23/h3-10,18,21H,1-2H3. The summed E-state index contributed by atoms with van der Waals surface area (Å²) >= 11 is 0. The van der Waals surface area contributed by atoms with Crippen LogP contribution in [0.15, 0.2) is 48.7 Å². The number of pyridine rings is 1. The molecule has 25 heavy (non-hydrogen) atoms. The highest BCUT2D eigenvalue weighted by molar-refractivity contribution is 5.86. The van der Waals surface area contributed by atoms with Crippen molar-refractivity contribution in [3.8, 4) is 11.5 Å². The average Bonchev–Trinajstić information content (AvgIpc) is 2.65. The summed E-state index contributed by atoms with van der Waals surface area (Å²) in [5, 5.41) is 22.2. The van der Waals surface area contributed by atoms with E-state index in [0.717, 1.165) is 0 Å². The number of ether oxygens (including phenoxy) is 2. The van der Waals surface area contributed by atoms with E-state index in [1.807, 2.05) is 0 Å². The molecule has 1 N–H and O–H groups in total. The van der Waals surface area contributed by atoms with Crippen molar-refractivity contribution >= 4 is 16.6 Å². The number of hydrogen-bond acceptors (Lipinski definition) is 6. The molecule has 3 aromatic rings. The van der Waals surface area contributed by atoms with Gasteiger partial charge in [-0.2, -0.15) is 0 Å². The first-order valence-corrected chi connectivity index (χ1v) is 7.48. The molecule has 0 saturated heterocycles. The lowest BCUT2D eigenvalue weighted by atomic mass is 9.98. The van der Waals surface area contributed by atoms with Gasteiger partial charge in [-0.25, -0.2) is 0 Å². The van der Waals surface area contributed by atoms with Crippen LogP contribution in [0.1, 0.15) is 17.2 Å². The van der Waals surface area contributed by atoms with Gasteiger partial charge in [0.25, 0.3) is 5.69 Å². The number of fused-ring (bicyclic) bond motifs is 1. The molecule has 0 radical (unpaired) electrons. The van der Waals surface area contributed by atoms with Gasteiger partial charge in [0, 0.05) is 29.8 Å². The van der Waals surface area contributed by atoms with Crippen LogP contribution in [0.2, 0.25) is 0 Å². The highest BCUT2D eigenvalue weighted by Crippen LogP contribution is 2.36. The van der Waals surface area contributed by atoms with Crippen molar-refractivity contribution in [3.05, 3.63) is 69.9 Å². The van der Waals surface area contributed by atoms with Crippen LogP contribution in [-0.2, 0) is 0 Å². The number of nitro benzene ring substituents is 1. The number of nitro groups is 1. The Labute approximate surface area is 143 Å². The summed E-state index contributed by atoms with van der Waals surface area (Å²) in [4.78, 5) is 14.6. The molecule has 7 heteroatoms. The zero-order valence-corrected chi connectivity index (χ0v) is 13.7. The van der Waals surface area contributed by atoms with Crippen molar-refractivity contribution in [2.24, 2.45) is 0 Å². The summed E-state index contributed by atoms with van der Waals surface area (Å²) in [6, 6.07) is 11.0. The number of aliphatic hydroxyl groups excluding tert-OH is 1. The Morgan fingerprint density at radius 3 is 2.32 bits per heavy atom. The number of benzene rings is 2. The molecule has 1 heterocycles. The molecule has 2 aromatic carbocycles. The minimum atomic E-state index is -0.954. The van der Waals surface area contributed by atoms with Crippen molar-refractivity contribution in [1.82, 2.24) is 4.98 Å². The summed E-state index contributed by atoms with van der Waals surface area (Å²) in [6.45, 7) is 0. The average molecular weight is 340 g/mol. The Kier molecular flexibility index (Phi) is 4.49. The SMILES string of the molecule is COc1cc2nccc(C(O)c3ccc([N+](=O)[O-])cc3)c2cc1OC. The summed E-state index contributed by atoms with van der Waals surface area (Å²) in [5.74, 6) is 1.07. The van der Waals surface area contributed by atoms with E-state index in [9.17, 15) is 15.2 Å². The highest BCUT2D eigenvalue weighted by atomic mass is 16.6. The zero-order valence-electron chi connectivity index (χ0n) is 13.7. The number of methoxy groups -OCH3 is 2. The van der Waals surface area contributed by atoms with Gasteiger partial charge in [-0.1, -0.05) is 0 Å². The number of hydrogen-bond donors (Lipinski definition) is 1. The van der Waals surface area contributed by atoms with Gasteiger partial charge < -0.3 is 14.6 Å². The molecule has 0 aliphatic carbocycles. The number of rotatable bonds is 5. The molecule has 0 saturated carbocycles. The third-order valence-corrected chi connectivity index (χ3v) is 3.99. The van der Waals surface area contributed by atoms with Gasteiger partial charge in [-0.15, -0.1) is 0 Å². The molecule has 128 valence electrons. The highest BCUT2D eigenvalue weighted by Gasteiger charge is 2.17. The van der Waals surface area contributed by atoms with Crippen LogP contribution in [0.25, 0.3) is 10.9 Å². The zero-order chi connectivity index (χ0) is 18.0. The Morgan fingerprint density at radius 2 is 1.72 bits per heavy atom. The molecule has 0 amide bonds. The molecule has 0 fully saturated rings. The third kappa shape index (κ3) is 3.09. The summed E-state index contributed by atoms with van der Waals surface area (Å²) < 4.78 is 10.6. The van der Waals surface area contributed by atoms with Gasteiger partial charge in [-0.3, -0.25) is 15.1 Å².